The van der Waals surface area contributed by atoms with Gasteiger partial charge in [0.15, 0.2) is 0 Å². The number of nitrogens with zero attached hydrogens (tertiary/aromatic N) is 2. The topological polar surface area (TPSA) is 58.4 Å². The second kappa shape index (κ2) is 5.88. The van der Waals surface area contributed by atoms with Crippen LogP contribution in [0, 0.1) is 10.1 Å². The highest BCUT2D eigenvalue weighted by molar-refractivity contribution is 5.57. The van der Waals surface area contributed by atoms with E-state index in [1.54, 1.807) is 0 Å². The molecule has 2 rings (SSSR count). The molecule has 1 atom stereocenters. The Kier molecular flexibility index (Phi) is 4.36. The molecular weight excluding hydrogens is 287 g/mol. The molecule has 1 aromatic rings. The molecule has 116 valence electrons. The summed E-state index contributed by atoms with van der Waals surface area (Å²) in [5.41, 5.74) is -1.75. The Labute approximate surface area is 119 Å². The first-order valence-corrected chi connectivity index (χ1v) is 6.67. The van der Waals surface area contributed by atoms with E-state index in [1.165, 1.54) is 6.07 Å². The number of anilines is 1. The van der Waals surface area contributed by atoms with Gasteiger partial charge in [-0.25, -0.2) is 0 Å². The van der Waals surface area contributed by atoms with Crippen molar-refractivity contribution in [2.24, 2.45) is 0 Å². The lowest BCUT2D eigenvalue weighted by Crippen LogP contribution is -2.36. The number of benzene rings is 1. The van der Waals surface area contributed by atoms with E-state index in [4.69, 9.17) is 0 Å². The Morgan fingerprint density at radius 2 is 2.19 bits per heavy atom. The van der Waals surface area contributed by atoms with Crippen molar-refractivity contribution in [1.29, 1.82) is 0 Å². The average Bonchev–Trinajstić information content (AvgIpc) is 2.92. The summed E-state index contributed by atoms with van der Waals surface area (Å²) >= 11 is 0. The molecule has 5 nitrogen and oxygen atoms in total. The van der Waals surface area contributed by atoms with Crippen molar-refractivity contribution in [2.75, 3.05) is 24.5 Å². The zero-order valence-electron chi connectivity index (χ0n) is 11.5. The van der Waals surface area contributed by atoms with Crippen LogP contribution >= 0.6 is 0 Å². The molecule has 0 radical (unpaired) electrons. The largest absolute Gasteiger partial charge is 0.423 e. The third kappa shape index (κ3) is 3.26. The SMILES string of the molecule is CCN(c1ccc([N+](=O)[O-])c(C(F)(F)F)c1)C1CCNC1. The van der Waals surface area contributed by atoms with E-state index in [0.29, 0.717) is 18.8 Å². The van der Waals surface area contributed by atoms with E-state index in [9.17, 15) is 23.3 Å². The molecule has 0 amide bonds. The van der Waals surface area contributed by atoms with Gasteiger partial charge < -0.3 is 10.2 Å². The smallest absolute Gasteiger partial charge is 0.367 e. The minimum Gasteiger partial charge on any atom is -0.367 e. The van der Waals surface area contributed by atoms with Gasteiger partial charge in [-0.1, -0.05) is 0 Å². The van der Waals surface area contributed by atoms with Crippen LogP contribution in [-0.2, 0) is 6.18 Å². The maximum Gasteiger partial charge on any atom is 0.423 e. The van der Waals surface area contributed by atoms with Crippen LogP contribution in [-0.4, -0.2) is 30.6 Å². The minimum absolute atomic E-state index is 0.109. The van der Waals surface area contributed by atoms with Gasteiger partial charge >= 0.3 is 6.18 Å². The molecule has 0 saturated carbocycles. The number of hydrogen-bond acceptors (Lipinski definition) is 4. The van der Waals surface area contributed by atoms with Gasteiger partial charge in [0.2, 0.25) is 0 Å². The van der Waals surface area contributed by atoms with E-state index in [-0.39, 0.29) is 6.04 Å². The van der Waals surface area contributed by atoms with E-state index in [0.717, 1.165) is 25.1 Å². The van der Waals surface area contributed by atoms with Crippen LogP contribution in [0.3, 0.4) is 0 Å². The first-order valence-electron chi connectivity index (χ1n) is 6.67. The molecule has 0 aromatic heterocycles. The average molecular weight is 303 g/mol. The molecule has 21 heavy (non-hydrogen) atoms. The zero-order chi connectivity index (χ0) is 15.6. The quantitative estimate of drug-likeness (QED) is 0.686. The summed E-state index contributed by atoms with van der Waals surface area (Å²) < 4.78 is 39.0. The van der Waals surface area contributed by atoms with Gasteiger partial charge in [0.05, 0.1) is 4.92 Å². The van der Waals surface area contributed by atoms with Gasteiger partial charge in [-0.15, -0.1) is 0 Å². The fourth-order valence-electron chi connectivity index (χ4n) is 2.65. The summed E-state index contributed by atoms with van der Waals surface area (Å²) in [6.45, 7) is 3.92. The van der Waals surface area contributed by atoms with Crippen LogP contribution in [0.5, 0.6) is 0 Å². The Morgan fingerprint density at radius 1 is 1.48 bits per heavy atom. The predicted molar refractivity (Wildman–Crippen MR) is 72.4 cm³/mol. The summed E-state index contributed by atoms with van der Waals surface area (Å²) in [4.78, 5) is 11.6. The van der Waals surface area contributed by atoms with Gasteiger partial charge in [-0.3, -0.25) is 10.1 Å². The number of hydrogen-bond donors (Lipinski definition) is 1. The van der Waals surface area contributed by atoms with Crippen molar-refractivity contribution >= 4 is 11.4 Å². The molecule has 1 N–H and O–H groups in total. The summed E-state index contributed by atoms with van der Waals surface area (Å²) in [5.74, 6) is 0. The van der Waals surface area contributed by atoms with E-state index < -0.39 is 22.4 Å². The second-order valence-electron chi connectivity index (χ2n) is 4.89. The highest BCUT2D eigenvalue weighted by Crippen LogP contribution is 2.38. The molecule has 8 heteroatoms. The number of rotatable bonds is 4. The van der Waals surface area contributed by atoms with Crippen LogP contribution in [0.4, 0.5) is 24.5 Å². The van der Waals surface area contributed by atoms with Crippen molar-refractivity contribution < 1.29 is 18.1 Å². The maximum absolute atomic E-state index is 13.0. The van der Waals surface area contributed by atoms with Crippen molar-refractivity contribution in [3.05, 3.63) is 33.9 Å². The molecule has 0 spiro atoms. The monoisotopic (exact) mass is 303 g/mol. The minimum atomic E-state index is -4.74. The lowest BCUT2D eigenvalue weighted by atomic mass is 10.1. The van der Waals surface area contributed by atoms with E-state index in [1.807, 2.05) is 11.8 Å². The van der Waals surface area contributed by atoms with Gasteiger partial charge in [-0.2, -0.15) is 13.2 Å². The second-order valence-corrected chi connectivity index (χ2v) is 4.89. The fraction of sp³-hybridized carbons (Fsp3) is 0.538. The number of nitro groups is 1. The molecule has 0 bridgehead atoms. The van der Waals surface area contributed by atoms with Crippen LogP contribution in [0.25, 0.3) is 0 Å². The predicted octanol–water partition coefficient (Wildman–Crippen LogP) is 2.80. The molecule has 0 aliphatic carbocycles. The van der Waals surface area contributed by atoms with Crippen molar-refractivity contribution in [3.8, 4) is 0 Å². The van der Waals surface area contributed by atoms with Crippen LogP contribution in [0.2, 0.25) is 0 Å². The van der Waals surface area contributed by atoms with Crippen LogP contribution in [0.15, 0.2) is 18.2 Å². The Morgan fingerprint density at radius 3 is 2.67 bits per heavy atom. The molecule has 1 aliphatic heterocycles. The maximum atomic E-state index is 13.0. The van der Waals surface area contributed by atoms with Crippen LogP contribution in [0.1, 0.15) is 18.9 Å². The summed E-state index contributed by atoms with van der Waals surface area (Å²) in [7, 11) is 0. The fourth-order valence-corrected chi connectivity index (χ4v) is 2.65. The molecule has 1 aromatic carbocycles. The van der Waals surface area contributed by atoms with Crippen molar-refractivity contribution in [1.82, 2.24) is 5.32 Å². The summed E-state index contributed by atoms with van der Waals surface area (Å²) in [6, 6.07) is 3.30. The molecule has 1 fully saturated rings. The molecule has 1 aliphatic rings. The number of likely N-dealkylation sites (N-methyl/N-ethyl adjacent to an activating group) is 1. The van der Waals surface area contributed by atoms with Crippen molar-refractivity contribution in [3.63, 3.8) is 0 Å². The molecule has 1 saturated heterocycles. The third-order valence-corrected chi connectivity index (χ3v) is 3.63. The zero-order valence-corrected chi connectivity index (χ0v) is 11.5. The van der Waals surface area contributed by atoms with E-state index in [2.05, 4.69) is 5.32 Å². The number of nitrogens with one attached hydrogen (secondary N) is 1. The first-order chi connectivity index (χ1) is 9.84. The molecule has 1 heterocycles. The lowest BCUT2D eigenvalue weighted by Gasteiger charge is -2.29. The molecular formula is C13H16F3N3O2. The number of nitro benzene ring substituents is 1. The Bertz CT molecular complexity index is 528. The summed E-state index contributed by atoms with van der Waals surface area (Å²) in [5, 5.41) is 13.9. The highest BCUT2D eigenvalue weighted by Gasteiger charge is 2.39. The molecule has 1 unspecified atom stereocenters. The van der Waals surface area contributed by atoms with Crippen molar-refractivity contribution in [2.45, 2.75) is 25.6 Å². The normalized spacial score (nSPS) is 18.8. The highest BCUT2D eigenvalue weighted by atomic mass is 19.4. The standard InChI is InChI=1S/C13H16F3N3O2/c1-2-18(10-5-6-17-8-10)9-3-4-12(19(20)21)11(7-9)13(14,15)16/h3-4,7,10,17H,2,5-6,8H2,1H3. The summed E-state index contributed by atoms with van der Waals surface area (Å²) in [6.07, 6.45) is -3.90. The Hall–Kier alpha value is -1.83. The van der Waals surface area contributed by atoms with Gasteiger partial charge in [0.25, 0.3) is 5.69 Å². The Balaban J connectivity index is 2.42. The van der Waals surface area contributed by atoms with Gasteiger partial charge in [-0.05, 0) is 32.0 Å². The number of alkyl halides is 3. The van der Waals surface area contributed by atoms with E-state index >= 15 is 0 Å². The third-order valence-electron chi connectivity index (χ3n) is 3.63. The van der Waals surface area contributed by atoms with Crippen LogP contribution < -0.4 is 10.2 Å². The number of halogens is 3. The lowest BCUT2D eigenvalue weighted by molar-refractivity contribution is -0.388. The van der Waals surface area contributed by atoms with Gasteiger partial charge in [0, 0.05) is 30.9 Å². The first kappa shape index (κ1) is 15.6. The van der Waals surface area contributed by atoms with Gasteiger partial charge in [0.1, 0.15) is 5.56 Å².